The third kappa shape index (κ3) is 13.9. The van der Waals surface area contributed by atoms with Crippen molar-refractivity contribution in [2.75, 3.05) is 32.9 Å². The van der Waals surface area contributed by atoms with Gasteiger partial charge in [0, 0.05) is 19.8 Å². The monoisotopic (exact) mass is 261 g/mol. The van der Waals surface area contributed by atoms with Crippen LogP contribution < -0.4 is 5.32 Å². The van der Waals surface area contributed by atoms with Crippen molar-refractivity contribution in [1.29, 1.82) is 0 Å². The topological polar surface area (TPSA) is 50.7 Å². The Bertz CT molecular complexity index is 165. The van der Waals surface area contributed by atoms with E-state index in [2.05, 4.69) is 12.2 Å². The Kier molecular flexibility index (Phi) is 13.2. The minimum atomic E-state index is -0.395. The molecule has 18 heavy (non-hydrogen) atoms. The molecule has 4 heteroatoms. The lowest BCUT2D eigenvalue weighted by Gasteiger charge is -2.12. The van der Waals surface area contributed by atoms with Gasteiger partial charge in [-0.15, -0.1) is 0 Å². The highest BCUT2D eigenvalue weighted by Crippen LogP contribution is 1.94. The zero-order valence-electron chi connectivity index (χ0n) is 12.3. The molecule has 0 bridgehead atoms. The van der Waals surface area contributed by atoms with Crippen molar-refractivity contribution in [2.45, 2.75) is 58.7 Å². The Morgan fingerprint density at radius 1 is 1.11 bits per heavy atom. The highest BCUT2D eigenvalue weighted by atomic mass is 16.5. The number of hydrogen-bond acceptors (Lipinski definition) is 4. The Balaban J connectivity index is 3.12. The van der Waals surface area contributed by atoms with E-state index in [4.69, 9.17) is 9.47 Å². The van der Waals surface area contributed by atoms with E-state index in [1.165, 1.54) is 0 Å². The number of hydrogen-bond donors (Lipinski definition) is 2. The van der Waals surface area contributed by atoms with Gasteiger partial charge < -0.3 is 19.9 Å². The first-order valence-corrected chi connectivity index (χ1v) is 7.25. The number of aliphatic hydroxyl groups excluding tert-OH is 1. The van der Waals surface area contributed by atoms with Crippen molar-refractivity contribution in [2.24, 2.45) is 0 Å². The fourth-order valence-corrected chi connectivity index (χ4v) is 1.46. The molecule has 1 atom stereocenters. The van der Waals surface area contributed by atoms with Crippen LogP contribution in [-0.2, 0) is 9.47 Å². The molecule has 0 saturated carbocycles. The van der Waals surface area contributed by atoms with E-state index in [0.29, 0.717) is 19.3 Å². The number of aliphatic hydroxyl groups is 1. The second kappa shape index (κ2) is 13.3. The van der Waals surface area contributed by atoms with Crippen molar-refractivity contribution < 1.29 is 14.6 Å². The summed E-state index contributed by atoms with van der Waals surface area (Å²) in [4.78, 5) is 0. The van der Waals surface area contributed by atoms with Crippen LogP contribution in [0.4, 0.5) is 0 Å². The van der Waals surface area contributed by atoms with Gasteiger partial charge in [-0.1, -0.05) is 13.3 Å². The van der Waals surface area contributed by atoms with Gasteiger partial charge in [0.2, 0.25) is 0 Å². The average molecular weight is 261 g/mol. The van der Waals surface area contributed by atoms with E-state index in [0.717, 1.165) is 45.4 Å². The minimum Gasteiger partial charge on any atom is -0.389 e. The predicted molar refractivity (Wildman–Crippen MR) is 74.9 cm³/mol. The summed E-state index contributed by atoms with van der Waals surface area (Å²) in [6.45, 7) is 9.76. The van der Waals surface area contributed by atoms with Crippen LogP contribution in [0.15, 0.2) is 0 Å². The molecule has 0 aromatic carbocycles. The molecule has 0 aliphatic rings. The Morgan fingerprint density at radius 3 is 2.56 bits per heavy atom. The van der Waals surface area contributed by atoms with E-state index in [-0.39, 0.29) is 0 Å². The van der Waals surface area contributed by atoms with Crippen molar-refractivity contribution in [3.63, 3.8) is 0 Å². The van der Waals surface area contributed by atoms with E-state index in [1.54, 1.807) is 0 Å². The smallest absolute Gasteiger partial charge is 0.0897 e. The molecule has 0 rings (SSSR count). The summed E-state index contributed by atoms with van der Waals surface area (Å²) in [5.74, 6) is 0. The lowest BCUT2D eigenvalue weighted by molar-refractivity contribution is 0.0357. The van der Waals surface area contributed by atoms with Crippen LogP contribution in [0.3, 0.4) is 0 Å². The van der Waals surface area contributed by atoms with Gasteiger partial charge in [0.25, 0.3) is 0 Å². The van der Waals surface area contributed by atoms with Gasteiger partial charge in [0.1, 0.15) is 0 Å². The summed E-state index contributed by atoms with van der Waals surface area (Å²) in [5.41, 5.74) is 0. The summed E-state index contributed by atoms with van der Waals surface area (Å²) >= 11 is 0. The first-order valence-electron chi connectivity index (χ1n) is 7.25. The van der Waals surface area contributed by atoms with E-state index in [1.807, 2.05) is 13.8 Å². The molecular weight excluding hydrogens is 230 g/mol. The predicted octanol–water partition coefficient (Wildman–Crippen LogP) is 1.96. The number of nitrogens with one attached hydrogen (secondary N) is 1. The number of ether oxygens (including phenoxy) is 2. The third-order valence-electron chi connectivity index (χ3n) is 2.53. The standard InChI is InChI=1S/C14H31NO3/c1-4-5-9-17-12-14(16)11-15-8-6-7-10-18-13(2)3/h13-16H,4-12H2,1-3H3. The summed E-state index contributed by atoms with van der Waals surface area (Å²) in [6.07, 6.45) is 4.27. The molecule has 0 aliphatic carbocycles. The number of unbranched alkanes of at least 4 members (excludes halogenated alkanes) is 2. The van der Waals surface area contributed by atoms with Crippen molar-refractivity contribution in [3.8, 4) is 0 Å². The molecule has 0 amide bonds. The summed E-state index contributed by atoms with van der Waals surface area (Å²) in [7, 11) is 0. The van der Waals surface area contributed by atoms with Crippen LogP contribution in [-0.4, -0.2) is 50.2 Å². The van der Waals surface area contributed by atoms with Gasteiger partial charge in [-0.3, -0.25) is 0 Å². The SMILES string of the molecule is CCCCOCC(O)CNCCCCOC(C)C. The fraction of sp³-hybridized carbons (Fsp3) is 1.00. The van der Waals surface area contributed by atoms with Crippen LogP contribution in [0, 0.1) is 0 Å². The minimum absolute atomic E-state index is 0.319. The van der Waals surface area contributed by atoms with Crippen molar-refractivity contribution in [3.05, 3.63) is 0 Å². The fourth-order valence-electron chi connectivity index (χ4n) is 1.46. The molecular formula is C14H31NO3. The normalized spacial score (nSPS) is 13.2. The summed E-state index contributed by atoms with van der Waals surface area (Å²) in [5, 5.41) is 12.8. The lowest BCUT2D eigenvalue weighted by atomic mass is 10.3. The van der Waals surface area contributed by atoms with Crippen LogP contribution in [0.25, 0.3) is 0 Å². The molecule has 1 unspecified atom stereocenters. The average Bonchev–Trinajstić information content (AvgIpc) is 2.33. The molecule has 4 nitrogen and oxygen atoms in total. The molecule has 0 fully saturated rings. The summed E-state index contributed by atoms with van der Waals surface area (Å²) < 4.78 is 10.8. The zero-order valence-corrected chi connectivity index (χ0v) is 12.3. The Morgan fingerprint density at radius 2 is 1.89 bits per heavy atom. The van der Waals surface area contributed by atoms with E-state index < -0.39 is 6.10 Å². The largest absolute Gasteiger partial charge is 0.389 e. The maximum absolute atomic E-state index is 9.61. The van der Waals surface area contributed by atoms with Crippen LogP contribution in [0.2, 0.25) is 0 Å². The third-order valence-corrected chi connectivity index (χ3v) is 2.53. The van der Waals surface area contributed by atoms with Crippen LogP contribution in [0.5, 0.6) is 0 Å². The highest BCUT2D eigenvalue weighted by Gasteiger charge is 2.03. The molecule has 0 saturated heterocycles. The van der Waals surface area contributed by atoms with Gasteiger partial charge in [-0.2, -0.15) is 0 Å². The van der Waals surface area contributed by atoms with Gasteiger partial charge in [0.05, 0.1) is 18.8 Å². The molecule has 2 N–H and O–H groups in total. The van der Waals surface area contributed by atoms with Gasteiger partial charge in [-0.05, 0) is 39.7 Å². The molecule has 0 aromatic rings. The zero-order chi connectivity index (χ0) is 13.6. The molecule has 0 aliphatic heterocycles. The second-order valence-electron chi connectivity index (χ2n) is 4.91. The second-order valence-corrected chi connectivity index (χ2v) is 4.91. The highest BCUT2D eigenvalue weighted by molar-refractivity contribution is 4.58. The first kappa shape index (κ1) is 17.8. The molecule has 0 radical (unpaired) electrons. The van der Waals surface area contributed by atoms with Crippen molar-refractivity contribution >= 4 is 0 Å². The molecule has 0 spiro atoms. The van der Waals surface area contributed by atoms with Crippen molar-refractivity contribution in [1.82, 2.24) is 5.32 Å². The van der Waals surface area contributed by atoms with Crippen LogP contribution >= 0.6 is 0 Å². The molecule has 0 aromatic heterocycles. The van der Waals surface area contributed by atoms with Crippen LogP contribution in [0.1, 0.15) is 46.5 Å². The summed E-state index contributed by atoms with van der Waals surface area (Å²) in [6, 6.07) is 0. The quantitative estimate of drug-likeness (QED) is 0.498. The Hall–Kier alpha value is -0.160. The van der Waals surface area contributed by atoms with Gasteiger partial charge in [0.15, 0.2) is 0 Å². The van der Waals surface area contributed by atoms with E-state index in [9.17, 15) is 5.11 Å². The first-order chi connectivity index (χ1) is 8.66. The van der Waals surface area contributed by atoms with Gasteiger partial charge in [-0.25, -0.2) is 0 Å². The van der Waals surface area contributed by atoms with Gasteiger partial charge >= 0.3 is 0 Å². The number of rotatable bonds is 13. The lowest BCUT2D eigenvalue weighted by Crippen LogP contribution is -2.31. The maximum atomic E-state index is 9.61. The Labute approximate surface area is 112 Å². The molecule has 110 valence electrons. The molecule has 0 heterocycles. The van der Waals surface area contributed by atoms with E-state index >= 15 is 0 Å². The maximum Gasteiger partial charge on any atom is 0.0897 e.